The van der Waals surface area contributed by atoms with Crippen molar-refractivity contribution in [2.75, 3.05) is 11.9 Å². The first kappa shape index (κ1) is 21.5. The molecule has 0 saturated heterocycles. The van der Waals surface area contributed by atoms with Crippen molar-refractivity contribution in [2.24, 2.45) is 0 Å². The Bertz CT molecular complexity index is 620. The molecule has 0 aliphatic carbocycles. The van der Waals surface area contributed by atoms with Gasteiger partial charge in [0.05, 0.1) is 12.2 Å². The third-order valence-electron chi connectivity index (χ3n) is 3.25. The molecular formula is C19H28N2O5. The number of carbonyl (C=O) groups excluding carboxylic acids is 3. The Morgan fingerprint density at radius 1 is 1.12 bits per heavy atom. The highest BCUT2D eigenvalue weighted by Gasteiger charge is 2.21. The second-order valence-corrected chi connectivity index (χ2v) is 6.92. The number of benzene rings is 1. The second-order valence-electron chi connectivity index (χ2n) is 6.92. The van der Waals surface area contributed by atoms with Crippen LogP contribution in [0.4, 0.5) is 10.5 Å². The third-order valence-corrected chi connectivity index (χ3v) is 3.25. The van der Waals surface area contributed by atoms with Crippen molar-refractivity contribution in [3.05, 3.63) is 29.8 Å². The summed E-state index contributed by atoms with van der Waals surface area (Å²) in [4.78, 5) is 35.6. The average Bonchev–Trinajstić information content (AvgIpc) is 2.53. The van der Waals surface area contributed by atoms with Gasteiger partial charge in [-0.3, -0.25) is 4.79 Å². The number of unbranched alkanes of at least 4 members (excludes halogenated alkanes) is 1. The van der Waals surface area contributed by atoms with Crippen molar-refractivity contribution in [2.45, 2.75) is 59.1 Å². The molecule has 0 aromatic heterocycles. The summed E-state index contributed by atoms with van der Waals surface area (Å²) in [7, 11) is 0. The number of hydrogen-bond acceptors (Lipinski definition) is 5. The average molecular weight is 364 g/mol. The molecule has 0 aliphatic rings. The van der Waals surface area contributed by atoms with E-state index in [1.54, 1.807) is 52.0 Å². The molecule has 0 bridgehead atoms. The zero-order chi connectivity index (χ0) is 19.7. The Hall–Kier alpha value is -2.57. The summed E-state index contributed by atoms with van der Waals surface area (Å²) in [5.41, 5.74) is 0.291. The largest absolute Gasteiger partial charge is 0.462 e. The topological polar surface area (TPSA) is 93.7 Å². The van der Waals surface area contributed by atoms with Crippen LogP contribution in [0.1, 0.15) is 57.8 Å². The Morgan fingerprint density at radius 3 is 2.27 bits per heavy atom. The number of anilines is 1. The van der Waals surface area contributed by atoms with Crippen LogP contribution in [0, 0.1) is 0 Å². The van der Waals surface area contributed by atoms with E-state index >= 15 is 0 Å². The molecule has 2 amide bonds. The molecule has 0 radical (unpaired) electrons. The number of alkyl carbamates (subject to hydrolysis) is 1. The maximum atomic E-state index is 12.1. The minimum Gasteiger partial charge on any atom is -0.462 e. The van der Waals surface area contributed by atoms with Gasteiger partial charge in [-0.25, -0.2) is 9.59 Å². The summed E-state index contributed by atoms with van der Waals surface area (Å²) in [6, 6.07) is 5.60. The monoisotopic (exact) mass is 364 g/mol. The van der Waals surface area contributed by atoms with Crippen LogP contribution in [0.15, 0.2) is 24.3 Å². The summed E-state index contributed by atoms with van der Waals surface area (Å²) in [6.07, 6.45) is 1.11. The van der Waals surface area contributed by atoms with Gasteiger partial charge < -0.3 is 20.1 Å². The lowest BCUT2D eigenvalue weighted by Gasteiger charge is -2.21. The molecule has 1 aromatic rings. The Balaban J connectivity index is 2.53. The van der Waals surface area contributed by atoms with Gasteiger partial charge in [-0.05, 0) is 58.4 Å². The molecule has 7 heteroatoms. The first-order valence-electron chi connectivity index (χ1n) is 8.70. The maximum Gasteiger partial charge on any atom is 0.408 e. The SMILES string of the molecule is CCCCOC(=O)c1ccc(NC(=O)C(C)NC(=O)OC(C)(C)C)cc1. The van der Waals surface area contributed by atoms with E-state index in [1.807, 2.05) is 6.92 Å². The van der Waals surface area contributed by atoms with Crippen molar-refractivity contribution >= 4 is 23.7 Å². The summed E-state index contributed by atoms with van der Waals surface area (Å²) in [5.74, 6) is -0.787. The Labute approximate surface area is 154 Å². The molecule has 1 aromatic carbocycles. The zero-order valence-electron chi connectivity index (χ0n) is 16.0. The van der Waals surface area contributed by atoms with Crippen molar-refractivity contribution < 1.29 is 23.9 Å². The highest BCUT2D eigenvalue weighted by Crippen LogP contribution is 2.12. The van der Waals surface area contributed by atoms with Gasteiger partial charge in [-0.15, -0.1) is 0 Å². The minimum atomic E-state index is -0.775. The fraction of sp³-hybridized carbons (Fsp3) is 0.526. The first-order chi connectivity index (χ1) is 12.1. The van der Waals surface area contributed by atoms with Crippen LogP contribution < -0.4 is 10.6 Å². The molecule has 0 spiro atoms. The minimum absolute atomic E-state index is 0.391. The molecule has 2 N–H and O–H groups in total. The number of amides is 2. The molecule has 0 fully saturated rings. The Morgan fingerprint density at radius 2 is 1.73 bits per heavy atom. The van der Waals surface area contributed by atoms with Crippen molar-refractivity contribution in [1.82, 2.24) is 5.32 Å². The van der Waals surface area contributed by atoms with Gasteiger partial charge in [-0.1, -0.05) is 13.3 Å². The lowest BCUT2D eigenvalue weighted by atomic mass is 10.2. The van der Waals surface area contributed by atoms with Gasteiger partial charge >= 0.3 is 12.1 Å². The third kappa shape index (κ3) is 8.00. The van der Waals surface area contributed by atoms with E-state index in [4.69, 9.17) is 9.47 Å². The second kappa shape index (κ2) is 9.79. The standard InChI is InChI=1S/C19H28N2O5/c1-6-7-12-25-17(23)14-8-10-15(11-9-14)21-16(22)13(2)20-18(24)26-19(3,4)5/h8-11,13H,6-7,12H2,1-5H3,(H,20,24)(H,21,22). The zero-order valence-corrected chi connectivity index (χ0v) is 16.0. The van der Waals surface area contributed by atoms with Gasteiger partial charge in [0.25, 0.3) is 0 Å². The molecule has 0 aliphatic heterocycles. The molecular weight excluding hydrogens is 336 g/mol. The molecule has 1 atom stereocenters. The van der Waals surface area contributed by atoms with Crippen molar-refractivity contribution in [3.63, 3.8) is 0 Å². The first-order valence-corrected chi connectivity index (χ1v) is 8.70. The summed E-state index contributed by atoms with van der Waals surface area (Å²) >= 11 is 0. The maximum absolute atomic E-state index is 12.1. The van der Waals surface area contributed by atoms with Crippen LogP contribution in [-0.2, 0) is 14.3 Å². The molecule has 7 nitrogen and oxygen atoms in total. The van der Waals surface area contributed by atoms with Gasteiger partial charge in [0, 0.05) is 5.69 Å². The molecule has 26 heavy (non-hydrogen) atoms. The number of rotatable bonds is 7. The van der Waals surface area contributed by atoms with E-state index in [1.165, 1.54) is 0 Å². The number of carbonyl (C=O) groups is 3. The van der Waals surface area contributed by atoms with Crippen LogP contribution in [0.5, 0.6) is 0 Å². The Kier molecular flexibility index (Phi) is 8.09. The van der Waals surface area contributed by atoms with Crippen LogP contribution in [0.25, 0.3) is 0 Å². The molecule has 0 heterocycles. The highest BCUT2D eigenvalue weighted by molar-refractivity contribution is 5.97. The van der Waals surface area contributed by atoms with E-state index in [9.17, 15) is 14.4 Å². The number of hydrogen-bond donors (Lipinski definition) is 2. The predicted molar refractivity (Wildman–Crippen MR) is 99.1 cm³/mol. The smallest absolute Gasteiger partial charge is 0.408 e. The van der Waals surface area contributed by atoms with Crippen LogP contribution in [-0.4, -0.2) is 36.2 Å². The fourth-order valence-corrected chi connectivity index (χ4v) is 1.88. The van der Waals surface area contributed by atoms with Crippen LogP contribution in [0.2, 0.25) is 0 Å². The highest BCUT2D eigenvalue weighted by atomic mass is 16.6. The molecule has 1 unspecified atom stereocenters. The molecule has 0 saturated carbocycles. The lowest BCUT2D eigenvalue weighted by Crippen LogP contribution is -2.43. The van der Waals surface area contributed by atoms with Crippen molar-refractivity contribution in [1.29, 1.82) is 0 Å². The summed E-state index contributed by atoms with van der Waals surface area (Å²) < 4.78 is 10.2. The predicted octanol–water partition coefficient (Wildman–Crippen LogP) is 3.50. The van der Waals surface area contributed by atoms with E-state index in [-0.39, 0.29) is 0 Å². The lowest BCUT2D eigenvalue weighted by molar-refractivity contribution is -0.117. The molecule has 1 rings (SSSR count). The quantitative estimate of drug-likeness (QED) is 0.570. The van der Waals surface area contributed by atoms with Gasteiger partial charge in [-0.2, -0.15) is 0 Å². The van der Waals surface area contributed by atoms with E-state index in [0.29, 0.717) is 17.9 Å². The van der Waals surface area contributed by atoms with Gasteiger partial charge in [0.1, 0.15) is 11.6 Å². The number of esters is 1. The van der Waals surface area contributed by atoms with E-state index in [2.05, 4.69) is 10.6 Å². The van der Waals surface area contributed by atoms with Gasteiger partial charge in [0.2, 0.25) is 5.91 Å². The normalized spacial score (nSPS) is 12.0. The molecule has 144 valence electrons. The van der Waals surface area contributed by atoms with Crippen LogP contribution in [0.3, 0.4) is 0 Å². The fourth-order valence-electron chi connectivity index (χ4n) is 1.88. The number of ether oxygens (including phenoxy) is 2. The van der Waals surface area contributed by atoms with E-state index < -0.39 is 29.6 Å². The van der Waals surface area contributed by atoms with E-state index in [0.717, 1.165) is 12.8 Å². The number of nitrogens with one attached hydrogen (secondary N) is 2. The summed E-state index contributed by atoms with van der Waals surface area (Å²) in [6.45, 7) is 9.19. The van der Waals surface area contributed by atoms with Crippen molar-refractivity contribution in [3.8, 4) is 0 Å². The van der Waals surface area contributed by atoms with Crippen LogP contribution >= 0.6 is 0 Å². The van der Waals surface area contributed by atoms with Gasteiger partial charge in [0.15, 0.2) is 0 Å². The summed E-state index contributed by atoms with van der Waals surface area (Å²) in [5, 5.41) is 5.13.